The van der Waals surface area contributed by atoms with E-state index in [0.717, 1.165) is 0 Å². The van der Waals surface area contributed by atoms with E-state index in [-0.39, 0.29) is 34.7 Å². The summed E-state index contributed by atoms with van der Waals surface area (Å²) in [6, 6.07) is 8.16. The van der Waals surface area contributed by atoms with Crippen LogP contribution in [-0.4, -0.2) is 26.1 Å². The van der Waals surface area contributed by atoms with Gasteiger partial charge in [0.25, 0.3) is 0 Å². The second-order valence-corrected chi connectivity index (χ2v) is 7.59. The Morgan fingerprint density at radius 3 is 2.76 bits per heavy atom. The molecule has 7 heteroatoms. The summed E-state index contributed by atoms with van der Waals surface area (Å²) in [6.07, 6.45) is 1.20. The molecule has 1 aliphatic rings. The number of amides is 1. The summed E-state index contributed by atoms with van der Waals surface area (Å²) in [5.41, 5.74) is 0. The number of nitrogens with one attached hydrogen (secondary N) is 1. The molecule has 2 atom stereocenters. The van der Waals surface area contributed by atoms with Gasteiger partial charge in [0.1, 0.15) is 6.54 Å². The van der Waals surface area contributed by atoms with Crippen molar-refractivity contribution in [2.45, 2.75) is 29.4 Å². The number of carbonyl (C=O) groups is 1. The first-order chi connectivity index (χ1) is 9.96. The van der Waals surface area contributed by atoms with Gasteiger partial charge in [0.2, 0.25) is 5.91 Å². The Kier molecular flexibility index (Phi) is 4.86. The fourth-order valence-electron chi connectivity index (χ4n) is 2.59. The Balaban J connectivity index is 2.13. The fourth-order valence-corrected chi connectivity index (χ4v) is 4.94. The molecule has 2 rings (SSSR count). The fraction of sp³-hybridized carbons (Fsp3) is 0.429. The highest BCUT2D eigenvalue weighted by molar-refractivity contribution is 7.92. The minimum absolute atomic E-state index is 0.0583. The average Bonchev–Trinajstić information content (AvgIpc) is 2.95. The van der Waals surface area contributed by atoms with E-state index < -0.39 is 15.1 Å². The third-order valence-electron chi connectivity index (χ3n) is 3.68. The number of hydrogen-bond acceptors (Lipinski definition) is 4. The average molecular weight is 327 g/mol. The molecule has 1 N–H and O–H groups in total. The summed E-state index contributed by atoms with van der Waals surface area (Å²) in [7, 11) is -3.53. The number of hydrogen-bond donors (Lipinski definition) is 1. The monoisotopic (exact) mass is 326 g/mol. The molecule has 1 saturated carbocycles. The van der Waals surface area contributed by atoms with Gasteiger partial charge in [-0.3, -0.25) is 4.79 Å². The van der Waals surface area contributed by atoms with E-state index >= 15 is 0 Å². The van der Waals surface area contributed by atoms with Gasteiger partial charge in [0, 0.05) is 5.92 Å². The van der Waals surface area contributed by atoms with Crippen LogP contribution in [0.1, 0.15) is 19.3 Å². The molecule has 112 valence electrons. The second kappa shape index (κ2) is 6.46. The maximum atomic E-state index is 12.6. The topological polar surface area (TPSA) is 87.0 Å². The van der Waals surface area contributed by atoms with Crippen molar-refractivity contribution in [2.75, 3.05) is 6.54 Å². The van der Waals surface area contributed by atoms with Gasteiger partial charge in [-0.2, -0.15) is 5.26 Å². The summed E-state index contributed by atoms with van der Waals surface area (Å²) in [5, 5.41) is 10.5. The molecule has 0 heterocycles. The summed E-state index contributed by atoms with van der Waals surface area (Å²) < 4.78 is 25.1. The number of nitriles is 1. The van der Waals surface area contributed by atoms with Crippen LogP contribution in [0, 0.1) is 17.2 Å². The molecule has 1 amide bonds. The minimum atomic E-state index is -3.53. The molecule has 21 heavy (non-hydrogen) atoms. The Labute approximate surface area is 128 Å². The SMILES string of the molecule is N#CCNC(=O)C1CCC(S(=O)(=O)c2ccccc2Cl)C1. The van der Waals surface area contributed by atoms with Gasteiger partial charge >= 0.3 is 0 Å². The predicted molar refractivity (Wildman–Crippen MR) is 78.4 cm³/mol. The molecule has 0 aromatic heterocycles. The smallest absolute Gasteiger partial charge is 0.223 e. The highest BCUT2D eigenvalue weighted by atomic mass is 35.5. The highest BCUT2D eigenvalue weighted by Gasteiger charge is 2.38. The number of benzene rings is 1. The van der Waals surface area contributed by atoms with Crippen molar-refractivity contribution in [1.29, 1.82) is 5.26 Å². The summed E-state index contributed by atoms with van der Waals surface area (Å²) >= 11 is 5.96. The van der Waals surface area contributed by atoms with Crippen LogP contribution in [0.3, 0.4) is 0 Å². The van der Waals surface area contributed by atoms with Crippen molar-refractivity contribution in [3.8, 4) is 6.07 Å². The molecular formula is C14H15ClN2O3S. The first-order valence-electron chi connectivity index (χ1n) is 6.60. The first-order valence-corrected chi connectivity index (χ1v) is 8.52. The van der Waals surface area contributed by atoms with Gasteiger partial charge in [0.15, 0.2) is 9.84 Å². The van der Waals surface area contributed by atoms with Crippen LogP contribution in [0.25, 0.3) is 0 Å². The number of nitrogens with zero attached hydrogens (tertiary/aromatic N) is 1. The lowest BCUT2D eigenvalue weighted by Crippen LogP contribution is -2.30. The number of halogens is 1. The number of carbonyl (C=O) groups excluding carboxylic acids is 1. The van der Waals surface area contributed by atoms with E-state index in [9.17, 15) is 13.2 Å². The van der Waals surface area contributed by atoms with Crippen LogP contribution in [0.15, 0.2) is 29.2 Å². The molecular weight excluding hydrogens is 312 g/mol. The van der Waals surface area contributed by atoms with Gasteiger partial charge in [-0.1, -0.05) is 23.7 Å². The highest BCUT2D eigenvalue weighted by Crippen LogP contribution is 2.35. The molecule has 1 fully saturated rings. The maximum Gasteiger partial charge on any atom is 0.223 e. The number of sulfone groups is 1. The molecule has 0 spiro atoms. The molecule has 0 aliphatic heterocycles. The molecule has 1 aliphatic carbocycles. The van der Waals surface area contributed by atoms with Crippen molar-refractivity contribution >= 4 is 27.3 Å². The molecule has 0 saturated heterocycles. The molecule has 2 unspecified atom stereocenters. The number of rotatable bonds is 4. The Morgan fingerprint density at radius 2 is 2.10 bits per heavy atom. The molecule has 0 bridgehead atoms. The normalized spacial score (nSPS) is 21.7. The van der Waals surface area contributed by atoms with Crippen LogP contribution >= 0.6 is 11.6 Å². The molecule has 5 nitrogen and oxygen atoms in total. The van der Waals surface area contributed by atoms with E-state index in [0.29, 0.717) is 12.8 Å². The van der Waals surface area contributed by atoms with Crippen molar-refractivity contribution < 1.29 is 13.2 Å². The zero-order valence-electron chi connectivity index (χ0n) is 11.3. The maximum absolute atomic E-state index is 12.6. The third kappa shape index (κ3) is 3.36. The largest absolute Gasteiger partial charge is 0.343 e. The van der Waals surface area contributed by atoms with E-state index in [1.54, 1.807) is 18.2 Å². The van der Waals surface area contributed by atoms with Gasteiger partial charge in [0.05, 0.1) is 21.2 Å². The molecule has 1 aromatic carbocycles. The van der Waals surface area contributed by atoms with E-state index in [1.165, 1.54) is 6.07 Å². The van der Waals surface area contributed by atoms with Crippen molar-refractivity contribution in [2.24, 2.45) is 5.92 Å². The Bertz CT molecular complexity index is 682. The first kappa shape index (κ1) is 15.8. The van der Waals surface area contributed by atoms with Gasteiger partial charge < -0.3 is 5.32 Å². The predicted octanol–water partition coefficient (Wildman–Crippen LogP) is 1.92. The van der Waals surface area contributed by atoms with E-state index in [4.69, 9.17) is 16.9 Å². The summed E-state index contributed by atoms with van der Waals surface area (Å²) in [4.78, 5) is 11.9. The van der Waals surface area contributed by atoms with Crippen molar-refractivity contribution in [3.63, 3.8) is 0 Å². The zero-order chi connectivity index (χ0) is 15.5. The lowest BCUT2D eigenvalue weighted by atomic mass is 10.1. The van der Waals surface area contributed by atoms with Crippen LogP contribution in [0.5, 0.6) is 0 Å². The van der Waals surface area contributed by atoms with Crippen LogP contribution in [0.2, 0.25) is 5.02 Å². The van der Waals surface area contributed by atoms with Crippen molar-refractivity contribution in [1.82, 2.24) is 5.32 Å². The standard InChI is InChI=1S/C14H15ClN2O3S/c15-12-3-1-2-4-13(12)21(19,20)11-6-5-10(9-11)14(18)17-8-7-16/h1-4,10-11H,5-6,8-9H2,(H,17,18). The van der Waals surface area contributed by atoms with E-state index in [1.807, 2.05) is 6.07 Å². The lowest BCUT2D eigenvalue weighted by Gasteiger charge is -2.13. The quantitative estimate of drug-likeness (QED) is 0.856. The van der Waals surface area contributed by atoms with Crippen LogP contribution in [0.4, 0.5) is 0 Å². The van der Waals surface area contributed by atoms with Crippen LogP contribution < -0.4 is 5.32 Å². The summed E-state index contributed by atoms with van der Waals surface area (Å²) in [6.45, 7) is -0.0583. The molecule has 1 aromatic rings. The Hall–Kier alpha value is -1.58. The Morgan fingerprint density at radius 1 is 1.38 bits per heavy atom. The second-order valence-electron chi connectivity index (χ2n) is 4.98. The van der Waals surface area contributed by atoms with Gasteiger partial charge in [-0.15, -0.1) is 0 Å². The van der Waals surface area contributed by atoms with Crippen LogP contribution in [-0.2, 0) is 14.6 Å². The lowest BCUT2D eigenvalue weighted by molar-refractivity contribution is -0.124. The third-order valence-corrected chi connectivity index (χ3v) is 6.40. The zero-order valence-corrected chi connectivity index (χ0v) is 12.8. The van der Waals surface area contributed by atoms with Gasteiger partial charge in [-0.25, -0.2) is 8.42 Å². The van der Waals surface area contributed by atoms with Crippen molar-refractivity contribution in [3.05, 3.63) is 29.3 Å². The molecule has 0 radical (unpaired) electrons. The summed E-state index contributed by atoms with van der Waals surface area (Å²) in [5.74, 6) is -0.617. The van der Waals surface area contributed by atoms with E-state index in [2.05, 4.69) is 5.32 Å². The minimum Gasteiger partial charge on any atom is -0.343 e. The van der Waals surface area contributed by atoms with Gasteiger partial charge in [-0.05, 0) is 31.4 Å².